The van der Waals surface area contributed by atoms with Crippen molar-refractivity contribution in [2.45, 2.75) is 32.7 Å². The number of carbonyl (C=O) groups excluding carboxylic acids is 3. The summed E-state index contributed by atoms with van der Waals surface area (Å²) in [6, 6.07) is 7.14. The Labute approximate surface area is 201 Å². The van der Waals surface area contributed by atoms with Crippen molar-refractivity contribution in [1.29, 1.82) is 0 Å². The minimum atomic E-state index is -0.802. The number of pyridine rings is 1. The molecule has 0 bridgehead atoms. The highest BCUT2D eigenvalue weighted by Gasteiger charge is 2.38. The quantitative estimate of drug-likeness (QED) is 0.538. The van der Waals surface area contributed by atoms with Crippen molar-refractivity contribution in [1.82, 2.24) is 14.9 Å². The van der Waals surface area contributed by atoms with Crippen LogP contribution in [0.25, 0.3) is 10.2 Å². The molecule has 3 heterocycles. The molecule has 1 fully saturated rings. The number of anilines is 1. The first-order valence-corrected chi connectivity index (χ1v) is 12.0. The van der Waals surface area contributed by atoms with E-state index >= 15 is 0 Å². The van der Waals surface area contributed by atoms with Crippen LogP contribution < -0.4 is 15.8 Å². The summed E-state index contributed by atoms with van der Waals surface area (Å²) in [5, 5.41) is 2.56. The minimum Gasteiger partial charge on any atom is -0.480 e. The third kappa shape index (κ3) is 4.58. The van der Waals surface area contributed by atoms with Crippen LogP contribution in [-0.4, -0.2) is 46.2 Å². The summed E-state index contributed by atoms with van der Waals surface area (Å²) < 4.78 is 6.10. The number of likely N-dealkylation sites (tertiary alicyclic amines) is 1. The lowest BCUT2D eigenvalue weighted by molar-refractivity contribution is -0.147. The standard InChI is InChI=1S/C24H27N5O4S/c1-4-14-8-19(15-5-6-20-18(7-15)27-12-34-20)29(11-13(14)2)24(32)22(31)28-16-9-17(21(25)30)23(33-3)26-10-16/h5-7,9-10,12-14,19H,4,8,11H2,1-3H3,(H2,25,30)(H,28,31)/t13-,14+,19-/m0/s1. The van der Waals surface area contributed by atoms with Crippen molar-refractivity contribution in [2.75, 3.05) is 19.0 Å². The Morgan fingerprint density at radius 1 is 1.26 bits per heavy atom. The summed E-state index contributed by atoms with van der Waals surface area (Å²) in [5.41, 5.74) is 9.22. The van der Waals surface area contributed by atoms with Crippen LogP contribution in [0.15, 0.2) is 36.0 Å². The van der Waals surface area contributed by atoms with E-state index in [2.05, 4.69) is 29.1 Å². The molecule has 0 aliphatic carbocycles. The van der Waals surface area contributed by atoms with E-state index in [9.17, 15) is 14.4 Å². The number of rotatable bonds is 5. The molecular weight excluding hydrogens is 454 g/mol. The first-order chi connectivity index (χ1) is 16.3. The molecule has 0 unspecified atom stereocenters. The number of nitrogens with one attached hydrogen (secondary N) is 1. The SMILES string of the molecule is CC[C@@H]1C[C@@H](c2ccc3scnc3c2)N(C(=O)C(=O)Nc2cnc(OC)c(C(N)=O)c2)C[C@@H]1C. The number of carbonyl (C=O) groups is 3. The van der Waals surface area contributed by atoms with Crippen LogP contribution in [0.2, 0.25) is 0 Å². The number of methoxy groups -OCH3 is 1. The zero-order valence-electron chi connectivity index (χ0n) is 19.3. The zero-order valence-corrected chi connectivity index (χ0v) is 20.1. The summed E-state index contributed by atoms with van der Waals surface area (Å²) in [5.74, 6) is -1.45. The number of ether oxygens (including phenoxy) is 1. The predicted octanol–water partition coefficient (Wildman–Crippen LogP) is 3.37. The van der Waals surface area contributed by atoms with E-state index in [4.69, 9.17) is 10.5 Å². The number of fused-ring (bicyclic) bond motifs is 1. The van der Waals surface area contributed by atoms with Gasteiger partial charge in [0.1, 0.15) is 5.56 Å². The molecule has 3 aromatic rings. The van der Waals surface area contributed by atoms with Crippen LogP contribution in [0.3, 0.4) is 0 Å². The van der Waals surface area contributed by atoms with Gasteiger partial charge < -0.3 is 20.7 Å². The maximum Gasteiger partial charge on any atom is 0.313 e. The molecule has 1 aliphatic heterocycles. The summed E-state index contributed by atoms with van der Waals surface area (Å²) in [6.45, 7) is 4.73. The number of nitrogens with zero attached hydrogens (tertiary/aromatic N) is 3. The normalized spacial score (nSPS) is 20.2. The third-order valence-electron chi connectivity index (χ3n) is 6.48. The summed E-state index contributed by atoms with van der Waals surface area (Å²) in [4.78, 5) is 48.0. The Morgan fingerprint density at radius 3 is 2.76 bits per heavy atom. The summed E-state index contributed by atoms with van der Waals surface area (Å²) >= 11 is 1.56. The first-order valence-electron chi connectivity index (χ1n) is 11.1. The smallest absolute Gasteiger partial charge is 0.313 e. The Morgan fingerprint density at radius 2 is 2.06 bits per heavy atom. The average Bonchev–Trinajstić information content (AvgIpc) is 3.31. The highest BCUT2D eigenvalue weighted by atomic mass is 32.1. The fraction of sp³-hybridized carbons (Fsp3) is 0.375. The van der Waals surface area contributed by atoms with E-state index in [0.29, 0.717) is 12.5 Å². The molecule has 3 amide bonds. The van der Waals surface area contributed by atoms with Gasteiger partial charge in [0.15, 0.2) is 0 Å². The lowest BCUT2D eigenvalue weighted by Crippen LogP contribution is -2.48. The third-order valence-corrected chi connectivity index (χ3v) is 7.29. The lowest BCUT2D eigenvalue weighted by atomic mass is 9.79. The second kappa shape index (κ2) is 9.76. The van der Waals surface area contributed by atoms with Crippen molar-refractivity contribution in [3.05, 3.63) is 47.1 Å². The van der Waals surface area contributed by atoms with E-state index in [1.165, 1.54) is 19.4 Å². The maximum absolute atomic E-state index is 13.3. The highest BCUT2D eigenvalue weighted by Crippen LogP contribution is 2.39. The second-order valence-electron chi connectivity index (χ2n) is 8.53. The largest absolute Gasteiger partial charge is 0.480 e. The first kappa shape index (κ1) is 23.6. The molecular formula is C24H27N5O4S. The summed E-state index contributed by atoms with van der Waals surface area (Å²) in [6.07, 6.45) is 3.08. The van der Waals surface area contributed by atoms with Crippen LogP contribution in [0.4, 0.5) is 5.69 Å². The van der Waals surface area contributed by atoms with Crippen molar-refractivity contribution in [2.24, 2.45) is 17.6 Å². The number of amides is 3. The Balaban J connectivity index is 1.60. The molecule has 10 heteroatoms. The highest BCUT2D eigenvalue weighted by molar-refractivity contribution is 7.16. The van der Waals surface area contributed by atoms with Gasteiger partial charge in [-0.3, -0.25) is 14.4 Å². The van der Waals surface area contributed by atoms with Gasteiger partial charge in [0.25, 0.3) is 5.91 Å². The van der Waals surface area contributed by atoms with Gasteiger partial charge in [-0.15, -0.1) is 11.3 Å². The molecule has 0 spiro atoms. The number of hydrogen-bond acceptors (Lipinski definition) is 7. The molecule has 1 aliphatic rings. The van der Waals surface area contributed by atoms with Gasteiger partial charge in [-0.05, 0) is 42.0 Å². The lowest BCUT2D eigenvalue weighted by Gasteiger charge is -2.43. The number of piperidine rings is 1. The molecule has 34 heavy (non-hydrogen) atoms. The Bertz CT molecular complexity index is 1240. The molecule has 3 N–H and O–H groups in total. The van der Waals surface area contributed by atoms with Gasteiger partial charge in [0.2, 0.25) is 5.88 Å². The number of nitrogens with two attached hydrogens (primary N) is 1. The van der Waals surface area contributed by atoms with Gasteiger partial charge in [-0.2, -0.15) is 0 Å². The monoisotopic (exact) mass is 481 g/mol. The van der Waals surface area contributed by atoms with Crippen LogP contribution in [0.1, 0.15) is 48.7 Å². The van der Waals surface area contributed by atoms with Crippen LogP contribution in [-0.2, 0) is 9.59 Å². The number of primary amides is 1. The molecule has 0 saturated carbocycles. The number of benzene rings is 1. The van der Waals surface area contributed by atoms with Crippen molar-refractivity contribution in [3.8, 4) is 5.88 Å². The van der Waals surface area contributed by atoms with Crippen LogP contribution in [0, 0.1) is 11.8 Å². The summed E-state index contributed by atoms with van der Waals surface area (Å²) in [7, 11) is 1.36. The Hall–Kier alpha value is -3.53. The number of aromatic nitrogens is 2. The van der Waals surface area contributed by atoms with Gasteiger partial charge in [-0.25, -0.2) is 9.97 Å². The molecule has 3 atom stereocenters. The fourth-order valence-corrected chi connectivity index (χ4v) is 5.26. The number of thiazole rings is 1. The maximum atomic E-state index is 13.3. The predicted molar refractivity (Wildman–Crippen MR) is 130 cm³/mol. The molecule has 1 saturated heterocycles. The van der Waals surface area contributed by atoms with E-state index in [1.54, 1.807) is 21.7 Å². The average molecular weight is 482 g/mol. The van der Waals surface area contributed by atoms with E-state index in [1.807, 2.05) is 18.2 Å². The fourth-order valence-electron chi connectivity index (χ4n) is 4.60. The molecule has 1 aromatic carbocycles. The van der Waals surface area contributed by atoms with Crippen molar-refractivity contribution >= 4 is 45.0 Å². The Kier molecular flexibility index (Phi) is 6.78. The van der Waals surface area contributed by atoms with E-state index in [-0.39, 0.29) is 29.1 Å². The van der Waals surface area contributed by atoms with Crippen molar-refractivity contribution in [3.63, 3.8) is 0 Å². The minimum absolute atomic E-state index is 0.0135. The van der Waals surface area contributed by atoms with Crippen LogP contribution >= 0.6 is 11.3 Å². The van der Waals surface area contributed by atoms with Crippen molar-refractivity contribution < 1.29 is 19.1 Å². The van der Waals surface area contributed by atoms with Crippen LogP contribution in [0.5, 0.6) is 5.88 Å². The molecule has 2 aromatic heterocycles. The molecule has 9 nitrogen and oxygen atoms in total. The second-order valence-corrected chi connectivity index (χ2v) is 9.42. The molecule has 4 rings (SSSR count). The number of hydrogen-bond donors (Lipinski definition) is 2. The zero-order chi connectivity index (χ0) is 24.4. The van der Waals surface area contributed by atoms with E-state index < -0.39 is 17.7 Å². The van der Waals surface area contributed by atoms with Gasteiger partial charge in [0, 0.05) is 6.54 Å². The topological polar surface area (TPSA) is 128 Å². The van der Waals surface area contributed by atoms with Gasteiger partial charge >= 0.3 is 11.8 Å². The molecule has 0 radical (unpaired) electrons. The van der Waals surface area contributed by atoms with E-state index in [0.717, 1.165) is 28.6 Å². The van der Waals surface area contributed by atoms with Gasteiger partial charge in [0.05, 0.1) is 40.8 Å². The molecule has 178 valence electrons. The van der Waals surface area contributed by atoms with Gasteiger partial charge in [-0.1, -0.05) is 26.3 Å².